The number of carbonyl (C=O) groups excluding carboxylic acids is 1. The van der Waals surface area contributed by atoms with Crippen molar-refractivity contribution in [2.24, 2.45) is 0 Å². The minimum absolute atomic E-state index is 0.0385. The van der Waals surface area contributed by atoms with Gasteiger partial charge in [-0.15, -0.1) is 0 Å². The smallest absolute Gasteiger partial charge is 0.238 e. The largest absolute Gasteiger partial charge is 0.354 e. The van der Waals surface area contributed by atoms with Crippen LogP contribution in [0.1, 0.15) is 33.4 Å². The summed E-state index contributed by atoms with van der Waals surface area (Å²) >= 11 is 1.69. The topological polar surface area (TPSA) is 32.3 Å². The van der Waals surface area contributed by atoms with Crippen LogP contribution in [-0.4, -0.2) is 22.8 Å². The second-order valence-electron chi connectivity index (χ2n) is 8.55. The van der Waals surface area contributed by atoms with Crippen molar-refractivity contribution >= 4 is 17.9 Å². The Balaban J connectivity index is 1.50. The van der Waals surface area contributed by atoms with Gasteiger partial charge in [0.1, 0.15) is 11.9 Å². The molecule has 5 heteroatoms. The van der Waals surface area contributed by atoms with Gasteiger partial charge < -0.3 is 5.32 Å². The predicted octanol–water partition coefficient (Wildman–Crippen LogP) is 5.54. The third-order valence-electron chi connectivity index (χ3n) is 5.95. The van der Waals surface area contributed by atoms with Crippen LogP contribution in [0.4, 0.5) is 4.39 Å². The molecule has 0 fully saturated rings. The zero-order chi connectivity index (χ0) is 22.7. The fourth-order valence-electron chi connectivity index (χ4n) is 4.35. The number of aryl methyl sites for hydroxylation is 3. The normalized spacial score (nSPS) is 15.9. The molecule has 0 aliphatic carbocycles. The molecule has 1 N–H and O–H groups in total. The molecule has 1 aliphatic rings. The number of carbonyl (C=O) groups is 1. The van der Waals surface area contributed by atoms with Gasteiger partial charge in [-0.1, -0.05) is 54.1 Å². The van der Waals surface area contributed by atoms with E-state index in [-0.39, 0.29) is 17.8 Å². The van der Waals surface area contributed by atoms with Crippen LogP contribution in [-0.2, 0) is 24.2 Å². The summed E-state index contributed by atoms with van der Waals surface area (Å²) in [5, 5.41) is 3.11. The second kappa shape index (κ2) is 9.88. The molecule has 3 aromatic rings. The van der Waals surface area contributed by atoms with Crippen molar-refractivity contribution in [3.63, 3.8) is 0 Å². The molecular weight excluding hydrogens is 419 g/mol. The first-order valence-electron chi connectivity index (χ1n) is 11.0. The molecule has 3 aromatic carbocycles. The summed E-state index contributed by atoms with van der Waals surface area (Å²) < 4.78 is 15.3. The highest BCUT2D eigenvalue weighted by Crippen LogP contribution is 2.36. The molecule has 32 heavy (non-hydrogen) atoms. The van der Waals surface area contributed by atoms with Crippen molar-refractivity contribution in [1.29, 1.82) is 0 Å². The molecule has 1 atom stereocenters. The Kier molecular flexibility index (Phi) is 6.97. The lowest BCUT2D eigenvalue weighted by Crippen LogP contribution is -2.47. The maximum atomic E-state index is 13.3. The number of fused-ring (bicyclic) bond motifs is 1. The zero-order valence-corrected chi connectivity index (χ0v) is 19.6. The van der Waals surface area contributed by atoms with Crippen LogP contribution in [0.15, 0.2) is 65.6 Å². The second-order valence-corrected chi connectivity index (χ2v) is 9.61. The molecular formula is C27H29FN2OS. The van der Waals surface area contributed by atoms with Gasteiger partial charge in [0.25, 0.3) is 0 Å². The Bertz CT molecular complexity index is 1090. The van der Waals surface area contributed by atoms with E-state index in [1.807, 2.05) is 6.07 Å². The van der Waals surface area contributed by atoms with Crippen LogP contribution < -0.4 is 5.32 Å². The van der Waals surface area contributed by atoms with Gasteiger partial charge in [0.05, 0.1) is 0 Å². The molecule has 0 aromatic heterocycles. The third kappa shape index (κ3) is 5.22. The van der Waals surface area contributed by atoms with Gasteiger partial charge in [-0.2, -0.15) is 0 Å². The van der Waals surface area contributed by atoms with Crippen LogP contribution in [0.5, 0.6) is 0 Å². The Morgan fingerprint density at radius 1 is 1.03 bits per heavy atom. The highest BCUT2D eigenvalue weighted by atomic mass is 32.2. The average molecular weight is 449 g/mol. The lowest BCUT2D eigenvalue weighted by molar-refractivity contribution is -0.125. The molecule has 4 rings (SSSR count). The highest BCUT2D eigenvalue weighted by molar-refractivity contribution is 7.97. The molecule has 1 heterocycles. The number of benzene rings is 3. The SMILES string of the molecule is Cc1cc(C)c(SN2Cc3ccccc3CC2C(=O)NCCc2ccc(F)cc2)c(C)c1. The lowest BCUT2D eigenvalue weighted by atomic mass is 9.95. The Hall–Kier alpha value is -2.63. The monoisotopic (exact) mass is 448 g/mol. The molecule has 166 valence electrons. The van der Waals surface area contributed by atoms with E-state index >= 15 is 0 Å². The number of halogens is 1. The van der Waals surface area contributed by atoms with Gasteiger partial charge in [0.2, 0.25) is 5.91 Å². The molecule has 0 bridgehead atoms. The molecule has 0 saturated carbocycles. The summed E-state index contributed by atoms with van der Waals surface area (Å²) in [4.78, 5) is 14.5. The van der Waals surface area contributed by atoms with E-state index in [0.29, 0.717) is 19.4 Å². The van der Waals surface area contributed by atoms with Crippen LogP contribution in [0.3, 0.4) is 0 Å². The number of amides is 1. The molecule has 0 spiro atoms. The van der Waals surface area contributed by atoms with E-state index < -0.39 is 0 Å². The van der Waals surface area contributed by atoms with E-state index in [0.717, 1.165) is 12.1 Å². The van der Waals surface area contributed by atoms with Gasteiger partial charge >= 0.3 is 0 Å². The van der Waals surface area contributed by atoms with E-state index in [4.69, 9.17) is 0 Å². The number of hydrogen-bond acceptors (Lipinski definition) is 3. The van der Waals surface area contributed by atoms with Crippen LogP contribution >= 0.6 is 11.9 Å². The Morgan fingerprint density at radius 3 is 2.38 bits per heavy atom. The number of rotatable bonds is 6. The van der Waals surface area contributed by atoms with E-state index in [1.165, 1.54) is 44.8 Å². The fraction of sp³-hybridized carbons (Fsp3) is 0.296. The van der Waals surface area contributed by atoms with Gasteiger partial charge in [0, 0.05) is 18.0 Å². The van der Waals surface area contributed by atoms with Crippen LogP contribution in [0.2, 0.25) is 0 Å². The fourth-order valence-corrected chi connectivity index (χ4v) is 5.49. The summed E-state index contributed by atoms with van der Waals surface area (Å²) in [5.74, 6) is -0.204. The van der Waals surface area contributed by atoms with E-state index in [2.05, 4.69) is 60.7 Å². The lowest BCUT2D eigenvalue weighted by Gasteiger charge is -2.35. The van der Waals surface area contributed by atoms with Crippen LogP contribution in [0, 0.1) is 26.6 Å². The van der Waals surface area contributed by atoms with E-state index in [1.54, 1.807) is 24.1 Å². The third-order valence-corrected chi connectivity index (χ3v) is 7.39. The quantitative estimate of drug-likeness (QED) is 0.502. The number of nitrogens with zero attached hydrogens (tertiary/aromatic N) is 1. The van der Waals surface area contributed by atoms with Crippen molar-refractivity contribution in [1.82, 2.24) is 9.62 Å². The summed E-state index contributed by atoms with van der Waals surface area (Å²) in [6.07, 6.45) is 1.37. The molecule has 1 aliphatic heterocycles. The van der Waals surface area contributed by atoms with Crippen LogP contribution in [0.25, 0.3) is 0 Å². The van der Waals surface area contributed by atoms with Gasteiger partial charge in [-0.25, -0.2) is 8.70 Å². The van der Waals surface area contributed by atoms with Gasteiger partial charge in [0.15, 0.2) is 0 Å². The zero-order valence-electron chi connectivity index (χ0n) is 18.8. The van der Waals surface area contributed by atoms with Crippen molar-refractivity contribution in [2.45, 2.75) is 51.1 Å². The summed E-state index contributed by atoms with van der Waals surface area (Å²) in [7, 11) is 0. The summed E-state index contributed by atoms with van der Waals surface area (Å²) in [6, 6.07) is 19.0. The van der Waals surface area contributed by atoms with Gasteiger partial charge in [-0.05, 0) is 85.5 Å². The van der Waals surface area contributed by atoms with Crippen molar-refractivity contribution < 1.29 is 9.18 Å². The number of hydrogen-bond donors (Lipinski definition) is 1. The first-order chi connectivity index (χ1) is 15.4. The Labute approximate surface area is 194 Å². The summed E-state index contributed by atoms with van der Waals surface area (Å²) in [6.45, 7) is 7.65. The first-order valence-corrected chi connectivity index (χ1v) is 11.8. The standard InChI is InChI=1S/C27H29FN2OS/c1-18-14-19(2)26(20(3)15-18)32-30-17-23-7-5-4-6-22(23)16-25(30)27(31)29-13-12-21-8-10-24(28)11-9-21/h4-11,14-15,25H,12-13,16-17H2,1-3H3,(H,29,31). The van der Waals surface area contributed by atoms with Crippen molar-refractivity contribution in [3.8, 4) is 0 Å². The maximum absolute atomic E-state index is 13.3. The Morgan fingerprint density at radius 2 is 1.69 bits per heavy atom. The molecule has 1 unspecified atom stereocenters. The van der Waals surface area contributed by atoms with Crippen molar-refractivity contribution in [3.05, 3.63) is 99.9 Å². The first kappa shape index (κ1) is 22.6. The molecule has 1 amide bonds. The highest BCUT2D eigenvalue weighted by Gasteiger charge is 2.32. The molecule has 3 nitrogen and oxygen atoms in total. The number of nitrogens with one attached hydrogen (secondary N) is 1. The maximum Gasteiger partial charge on any atom is 0.238 e. The summed E-state index contributed by atoms with van der Waals surface area (Å²) in [5.41, 5.74) is 7.25. The van der Waals surface area contributed by atoms with Crippen molar-refractivity contribution in [2.75, 3.05) is 6.54 Å². The minimum atomic E-state index is -0.247. The predicted molar refractivity (Wildman–Crippen MR) is 129 cm³/mol. The van der Waals surface area contributed by atoms with E-state index in [9.17, 15) is 9.18 Å². The molecule has 0 radical (unpaired) electrons. The van der Waals surface area contributed by atoms with Gasteiger partial charge in [-0.3, -0.25) is 4.79 Å². The molecule has 0 saturated heterocycles. The minimum Gasteiger partial charge on any atom is -0.354 e. The average Bonchev–Trinajstić information content (AvgIpc) is 2.77.